The van der Waals surface area contributed by atoms with Crippen LogP contribution < -0.4 is 10.1 Å². The first-order valence-corrected chi connectivity index (χ1v) is 11.3. The van der Waals surface area contributed by atoms with Gasteiger partial charge in [-0.15, -0.1) is 0 Å². The van der Waals surface area contributed by atoms with Crippen molar-refractivity contribution in [1.82, 2.24) is 9.21 Å². The van der Waals surface area contributed by atoms with E-state index in [1.165, 1.54) is 22.5 Å². The number of amides is 1. The van der Waals surface area contributed by atoms with E-state index < -0.39 is 15.8 Å². The van der Waals surface area contributed by atoms with Crippen molar-refractivity contribution in [3.63, 3.8) is 0 Å². The third-order valence-electron chi connectivity index (χ3n) is 4.78. The highest BCUT2D eigenvalue weighted by Crippen LogP contribution is 2.24. The second-order valence-corrected chi connectivity index (χ2v) is 8.91. The predicted molar refractivity (Wildman–Crippen MR) is 112 cm³/mol. The molecule has 1 heterocycles. The zero-order chi connectivity index (χ0) is 21.6. The number of halogens is 1. The van der Waals surface area contributed by atoms with Crippen LogP contribution in [0.4, 0.5) is 10.1 Å². The van der Waals surface area contributed by atoms with Gasteiger partial charge in [0.15, 0.2) is 0 Å². The fourth-order valence-electron chi connectivity index (χ4n) is 3.22. The number of piperazine rings is 1. The highest BCUT2D eigenvalue weighted by molar-refractivity contribution is 7.89. The van der Waals surface area contributed by atoms with Gasteiger partial charge in [-0.05, 0) is 30.7 Å². The van der Waals surface area contributed by atoms with Gasteiger partial charge in [-0.3, -0.25) is 9.69 Å². The number of hydrogen-bond donors (Lipinski definition) is 1. The summed E-state index contributed by atoms with van der Waals surface area (Å²) in [4.78, 5) is 14.0. The molecule has 162 valence electrons. The van der Waals surface area contributed by atoms with E-state index in [0.717, 1.165) is 12.5 Å². The number of ether oxygens (including phenoxy) is 1. The van der Waals surface area contributed by atoms with Crippen LogP contribution in [0.5, 0.6) is 5.75 Å². The lowest BCUT2D eigenvalue weighted by Crippen LogP contribution is -2.50. The average Bonchev–Trinajstić information content (AvgIpc) is 2.73. The highest BCUT2D eigenvalue weighted by Gasteiger charge is 2.30. The zero-order valence-corrected chi connectivity index (χ0v) is 17.7. The molecule has 0 saturated carbocycles. The molecule has 2 aromatic rings. The number of sulfonamides is 1. The Hall–Kier alpha value is -2.49. The summed E-state index contributed by atoms with van der Waals surface area (Å²) >= 11 is 0. The second kappa shape index (κ2) is 10.0. The normalized spacial score (nSPS) is 15.7. The van der Waals surface area contributed by atoms with Gasteiger partial charge in [-0.1, -0.05) is 31.2 Å². The maximum Gasteiger partial charge on any atom is 0.246 e. The molecule has 7 nitrogen and oxygen atoms in total. The van der Waals surface area contributed by atoms with Gasteiger partial charge in [-0.2, -0.15) is 4.31 Å². The minimum Gasteiger partial charge on any atom is -0.491 e. The lowest BCUT2D eigenvalue weighted by molar-refractivity contribution is -0.117. The lowest BCUT2D eigenvalue weighted by Gasteiger charge is -2.33. The van der Waals surface area contributed by atoms with E-state index in [4.69, 9.17) is 4.74 Å². The molecule has 1 fully saturated rings. The average molecular weight is 436 g/mol. The Morgan fingerprint density at radius 2 is 1.73 bits per heavy atom. The number of benzene rings is 2. The second-order valence-electron chi connectivity index (χ2n) is 7.00. The van der Waals surface area contributed by atoms with Crippen molar-refractivity contribution in [2.75, 3.05) is 44.6 Å². The van der Waals surface area contributed by atoms with E-state index in [-0.39, 0.29) is 30.4 Å². The van der Waals surface area contributed by atoms with Crippen molar-refractivity contribution < 1.29 is 22.3 Å². The van der Waals surface area contributed by atoms with Crippen molar-refractivity contribution in [1.29, 1.82) is 0 Å². The van der Waals surface area contributed by atoms with E-state index in [0.29, 0.717) is 31.1 Å². The number of rotatable bonds is 8. The molecule has 2 aromatic carbocycles. The number of nitrogens with one attached hydrogen (secondary N) is 1. The molecule has 1 aliphatic heterocycles. The van der Waals surface area contributed by atoms with Crippen LogP contribution >= 0.6 is 0 Å². The van der Waals surface area contributed by atoms with Crippen LogP contribution in [0.3, 0.4) is 0 Å². The number of hydrogen-bond acceptors (Lipinski definition) is 5. The zero-order valence-electron chi connectivity index (χ0n) is 16.9. The number of anilines is 1. The summed E-state index contributed by atoms with van der Waals surface area (Å²) in [5, 5.41) is 2.85. The van der Waals surface area contributed by atoms with Crippen molar-refractivity contribution in [2.45, 2.75) is 18.2 Å². The number of carbonyl (C=O) groups excluding carboxylic acids is 1. The monoisotopic (exact) mass is 435 g/mol. The van der Waals surface area contributed by atoms with Gasteiger partial charge in [0.05, 0.1) is 18.8 Å². The maximum atomic E-state index is 13.9. The first-order valence-electron chi connectivity index (χ1n) is 9.90. The Morgan fingerprint density at radius 1 is 1.07 bits per heavy atom. The molecule has 0 unspecified atom stereocenters. The third kappa shape index (κ3) is 5.35. The summed E-state index contributed by atoms with van der Waals surface area (Å²) in [6, 6.07) is 12.6. The summed E-state index contributed by atoms with van der Waals surface area (Å²) in [5.74, 6) is -0.343. The third-order valence-corrected chi connectivity index (χ3v) is 6.71. The van der Waals surface area contributed by atoms with Gasteiger partial charge in [0.25, 0.3) is 0 Å². The van der Waals surface area contributed by atoms with Crippen LogP contribution in [-0.4, -0.2) is 62.9 Å². The van der Waals surface area contributed by atoms with Crippen LogP contribution in [-0.2, 0) is 14.8 Å². The smallest absolute Gasteiger partial charge is 0.246 e. The van der Waals surface area contributed by atoms with Crippen LogP contribution in [0.25, 0.3) is 0 Å². The van der Waals surface area contributed by atoms with Gasteiger partial charge in [-0.25, -0.2) is 12.8 Å². The molecule has 1 saturated heterocycles. The molecular weight excluding hydrogens is 409 g/mol. The highest BCUT2D eigenvalue weighted by atomic mass is 32.2. The van der Waals surface area contributed by atoms with Crippen molar-refractivity contribution in [2.24, 2.45) is 0 Å². The van der Waals surface area contributed by atoms with Gasteiger partial charge >= 0.3 is 0 Å². The summed E-state index contributed by atoms with van der Waals surface area (Å²) < 4.78 is 46.2. The van der Waals surface area contributed by atoms with Crippen LogP contribution in [0.1, 0.15) is 13.3 Å². The van der Waals surface area contributed by atoms with E-state index in [1.807, 2.05) is 24.0 Å². The quantitative estimate of drug-likeness (QED) is 0.690. The minimum atomic E-state index is -3.89. The molecule has 0 aromatic heterocycles. The number of carbonyl (C=O) groups is 1. The molecule has 1 amide bonds. The standard InChI is InChI=1S/C21H26FN3O4S/c1-2-15-29-19-9-5-4-8-18(19)23-21(26)16-24-11-13-25(14-12-24)30(27,28)20-10-6-3-7-17(20)22/h3-10H,2,11-16H2,1H3,(H,23,26). The fourth-order valence-corrected chi connectivity index (χ4v) is 4.71. The summed E-state index contributed by atoms with van der Waals surface area (Å²) in [5.41, 5.74) is 0.608. The van der Waals surface area contributed by atoms with Gasteiger partial charge in [0.2, 0.25) is 15.9 Å². The molecule has 3 rings (SSSR count). The SMILES string of the molecule is CCCOc1ccccc1NC(=O)CN1CCN(S(=O)(=O)c2ccccc2F)CC1. The molecule has 0 atom stereocenters. The summed E-state index contributed by atoms with van der Waals surface area (Å²) in [6.07, 6.45) is 0.863. The molecule has 30 heavy (non-hydrogen) atoms. The Balaban J connectivity index is 1.55. The molecule has 1 N–H and O–H groups in total. The van der Waals surface area contributed by atoms with Gasteiger partial charge in [0, 0.05) is 26.2 Å². The molecule has 1 aliphatic rings. The van der Waals surface area contributed by atoms with Crippen LogP contribution in [0.15, 0.2) is 53.4 Å². The van der Waals surface area contributed by atoms with Crippen molar-refractivity contribution >= 4 is 21.6 Å². The first kappa shape index (κ1) is 22.2. The topological polar surface area (TPSA) is 79.0 Å². The largest absolute Gasteiger partial charge is 0.491 e. The van der Waals surface area contributed by atoms with Gasteiger partial charge < -0.3 is 10.1 Å². The summed E-state index contributed by atoms with van der Waals surface area (Å²) in [7, 11) is -3.89. The van der Waals surface area contributed by atoms with Gasteiger partial charge in [0.1, 0.15) is 16.5 Å². The molecule has 0 radical (unpaired) electrons. The Morgan fingerprint density at radius 3 is 2.43 bits per heavy atom. The fraction of sp³-hybridized carbons (Fsp3) is 0.381. The molecule has 0 spiro atoms. The van der Waals surface area contributed by atoms with E-state index in [9.17, 15) is 17.6 Å². The minimum absolute atomic E-state index is 0.135. The molecular formula is C21H26FN3O4S. The van der Waals surface area contributed by atoms with Crippen molar-refractivity contribution in [3.8, 4) is 5.75 Å². The maximum absolute atomic E-state index is 13.9. The van der Waals surface area contributed by atoms with Crippen LogP contribution in [0.2, 0.25) is 0 Å². The van der Waals surface area contributed by atoms with Crippen molar-refractivity contribution in [3.05, 3.63) is 54.3 Å². The number of para-hydroxylation sites is 2. The van der Waals surface area contributed by atoms with E-state index in [2.05, 4.69) is 5.32 Å². The Labute approximate surface area is 176 Å². The molecule has 0 aliphatic carbocycles. The Kier molecular flexibility index (Phi) is 7.41. The van der Waals surface area contributed by atoms with Crippen LogP contribution in [0, 0.1) is 5.82 Å². The number of nitrogens with zero attached hydrogens (tertiary/aromatic N) is 2. The first-order chi connectivity index (χ1) is 14.4. The van der Waals surface area contributed by atoms with E-state index in [1.54, 1.807) is 12.1 Å². The van der Waals surface area contributed by atoms with E-state index >= 15 is 0 Å². The lowest BCUT2D eigenvalue weighted by atomic mass is 10.3. The Bertz CT molecular complexity index is 976. The summed E-state index contributed by atoms with van der Waals surface area (Å²) in [6.45, 7) is 3.86. The molecule has 9 heteroatoms. The molecule has 0 bridgehead atoms. The predicted octanol–water partition coefficient (Wildman–Crippen LogP) is 2.56.